The molecule has 8 heteroatoms. The highest BCUT2D eigenvalue weighted by atomic mass is 19.4. The molecule has 0 amide bonds. The molecule has 17 heavy (non-hydrogen) atoms. The molecule has 0 unspecified atom stereocenters. The van der Waals surface area contributed by atoms with Gasteiger partial charge in [0.05, 0.1) is 23.9 Å². The Hall–Kier alpha value is -2.01. The molecule has 92 valence electrons. The van der Waals surface area contributed by atoms with Gasteiger partial charge < -0.3 is 16.2 Å². The third kappa shape index (κ3) is 3.22. The highest BCUT2D eigenvalue weighted by molar-refractivity contribution is 5.60. The monoisotopic (exact) mass is 246 g/mol. The van der Waals surface area contributed by atoms with E-state index in [4.69, 9.17) is 16.7 Å². The normalized spacial score (nSPS) is 11.0. The average molecular weight is 246 g/mol. The van der Waals surface area contributed by atoms with Gasteiger partial charge in [0, 0.05) is 18.3 Å². The second kappa shape index (κ2) is 4.88. The van der Waals surface area contributed by atoms with Gasteiger partial charge in [0.15, 0.2) is 5.75 Å². The molecule has 5 nitrogen and oxygen atoms in total. The summed E-state index contributed by atoms with van der Waals surface area (Å²) < 4.78 is 40.2. The van der Waals surface area contributed by atoms with E-state index in [9.17, 15) is 13.2 Å². The summed E-state index contributed by atoms with van der Waals surface area (Å²) in [6.07, 6.45) is -4.00. The van der Waals surface area contributed by atoms with E-state index in [1.165, 1.54) is 6.20 Å². The average Bonchev–Trinajstić information content (AvgIpc) is 2.22. The van der Waals surface area contributed by atoms with Crippen LogP contribution in [0.4, 0.5) is 18.9 Å². The molecule has 4 N–H and O–H groups in total. The van der Waals surface area contributed by atoms with E-state index < -0.39 is 12.1 Å². The van der Waals surface area contributed by atoms with Crippen LogP contribution in [0.25, 0.3) is 0 Å². The molecule has 0 saturated heterocycles. The fourth-order valence-corrected chi connectivity index (χ4v) is 1.18. The number of alkyl halides is 3. The number of anilines is 1. The highest BCUT2D eigenvalue weighted by Gasteiger charge is 2.33. The SMILES string of the molecule is N#CCc1ncc(CN)c(N)c1OC(F)(F)F. The van der Waals surface area contributed by atoms with E-state index >= 15 is 0 Å². The summed E-state index contributed by atoms with van der Waals surface area (Å²) in [4.78, 5) is 3.68. The third-order valence-electron chi connectivity index (χ3n) is 1.91. The summed E-state index contributed by atoms with van der Waals surface area (Å²) in [5, 5.41) is 8.47. The van der Waals surface area contributed by atoms with Gasteiger partial charge in [-0.2, -0.15) is 5.26 Å². The van der Waals surface area contributed by atoms with E-state index in [-0.39, 0.29) is 29.9 Å². The molecule has 0 bridgehead atoms. The van der Waals surface area contributed by atoms with Gasteiger partial charge in [0.1, 0.15) is 0 Å². The van der Waals surface area contributed by atoms with Gasteiger partial charge >= 0.3 is 6.36 Å². The molecule has 1 rings (SSSR count). The maximum absolute atomic E-state index is 12.2. The van der Waals surface area contributed by atoms with Gasteiger partial charge in [-0.25, -0.2) is 0 Å². The Bertz CT molecular complexity index is 453. The van der Waals surface area contributed by atoms with E-state index in [0.717, 1.165) is 0 Å². The number of halogens is 3. The van der Waals surface area contributed by atoms with Crippen LogP contribution in [0.5, 0.6) is 5.75 Å². The molecule has 0 aliphatic rings. The zero-order valence-corrected chi connectivity index (χ0v) is 8.58. The predicted molar refractivity (Wildman–Crippen MR) is 52.5 cm³/mol. The summed E-state index contributed by atoms with van der Waals surface area (Å²) >= 11 is 0. The van der Waals surface area contributed by atoms with Crippen LogP contribution in [0.2, 0.25) is 0 Å². The molecule has 1 heterocycles. The van der Waals surface area contributed by atoms with Crippen molar-refractivity contribution in [3.8, 4) is 11.8 Å². The number of rotatable bonds is 3. The number of pyridine rings is 1. The zero-order chi connectivity index (χ0) is 13.1. The molecule has 0 fully saturated rings. The van der Waals surface area contributed by atoms with Gasteiger partial charge in [-0.1, -0.05) is 0 Å². The summed E-state index contributed by atoms with van der Waals surface area (Å²) in [6.45, 7) is -0.0696. The molecule has 0 spiro atoms. The lowest BCUT2D eigenvalue weighted by atomic mass is 10.1. The lowest BCUT2D eigenvalue weighted by Crippen LogP contribution is -2.20. The number of aromatic nitrogens is 1. The number of nitrogens with zero attached hydrogens (tertiary/aromatic N) is 2. The smallest absolute Gasteiger partial charge is 0.402 e. The van der Waals surface area contributed by atoms with Gasteiger partial charge in [0.25, 0.3) is 0 Å². The largest absolute Gasteiger partial charge is 0.573 e. The second-order valence-corrected chi connectivity index (χ2v) is 3.06. The van der Waals surface area contributed by atoms with Crippen molar-refractivity contribution in [2.45, 2.75) is 19.3 Å². The molecule has 0 aliphatic carbocycles. The lowest BCUT2D eigenvalue weighted by Gasteiger charge is -2.15. The summed E-state index contributed by atoms with van der Waals surface area (Å²) in [7, 11) is 0. The van der Waals surface area contributed by atoms with Crippen LogP contribution in [0.3, 0.4) is 0 Å². The van der Waals surface area contributed by atoms with Crippen LogP contribution in [-0.4, -0.2) is 11.3 Å². The van der Waals surface area contributed by atoms with Crippen molar-refractivity contribution in [1.82, 2.24) is 4.98 Å². The number of hydrogen-bond acceptors (Lipinski definition) is 5. The fourth-order valence-electron chi connectivity index (χ4n) is 1.18. The number of hydrogen-bond donors (Lipinski definition) is 2. The standard InChI is InChI=1S/C9H9F3N4O/c10-9(11,12)17-8-6(1-2-13)16-4-5(3-14)7(8)15/h4H,1,3,14H2,(H2,15,16). The van der Waals surface area contributed by atoms with Crippen LogP contribution in [0, 0.1) is 11.3 Å². The molecular formula is C9H9F3N4O. The van der Waals surface area contributed by atoms with Crippen LogP contribution in [0.1, 0.15) is 11.3 Å². The van der Waals surface area contributed by atoms with Gasteiger partial charge in [-0.05, 0) is 0 Å². The molecule has 0 aliphatic heterocycles. The molecule has 1 aromatic heterocycles. The maximum Gasteiger partial charge on any atom is 0.573 e. The Kier molecular flexibility index (Phi) is 3.75. The van der Waals surface area contributed by atoms with E-state index in [2.05, 4.69) is 9.72 Å². The number of nitriles is 1. The first kappa shape index (κ1) is 13.1. The first-order valence-electron chi connectivity index (χ1n) is 4.48. The Morgan fingerprint density at radius 1 is 1.47 bits per heavy atom. The predicted octanol–water partition coefficient (Wildman–Crippen LogP) is 1.09. The van der Waals surface area contributed by atoms with Crippen molar-refractivity contribution in [1.29, 1.82) is 5.26 Å². The van der Waals surface area contributed by atoms with Crippen LogP contribution in [0.15, 0.2) is 6.20 Å². The van der Waals surface area contributed by atoms with Crippen molar-refractivity contribution >= 4 is 5.69 Å². The van der Waals surface area contributed by atoms with Gasteiger partial charge in [0.2, 0.25) is 0 Å². The second-order valence-electron chi connectivity index (χ2n) is 3.06. The lowest BCUT2D eigenvalue weighted by molar-refractivity contribution is -0.274. The Morgan fingerprint density at radius 2 is 2.12 bits per heavy atom. The van der Waals surface area contributed by atoms with Crippen LogP contribution < -0.4 is 16.2 Å². The minimum absolute atomic E-state index is 0.0696. The molecule has 0 atom stereocenters. The number of nitrogens with two attached hydrogens (primary N) is 2. The summed E-state index contributed by atoms with van der Waals surface area (Å²) in [6, 6.07) is 1.68. The van der Waals surface area contributed by atoms with Gasteiger partial charge in [-0.3, -0.25) is 4.98 Å². The topological polar surface area (TPSA) is 98.0 Å². The molecular weight excluding hydrogens is 237 g/mol. The van der Waals surface area contributed by atoms with E-state index in [0.29, 0.717) is 0 Å². The van der Waals surface area contributed by atoms with Gasteiger partial charge in [-0.15, -0.1) is 13.2 Å². The first-order chi connectivity index (χ1) is 7.89. The van der Waals surface area contributed by atoms with Crippen molar-refractivity contribution in [3.05, 3.63) is 17.5 Å². The summed E-state index contributed by atoms with van der Waals surface area (Å²) in [5.41, 5.74) is 10.6. The fraction of sp³-hybridized carbons (Fsp3) is 0.333. The Balaban J connectivity index is 3.25. The quantitative estimate of drug-likeness (QED) is 0.831. The maximum atomic E-state index is 12.2. The van der Waals surface area contributed by atoms with Crippen molar-refractivity contribution in [3.63, 3.8) is 0 Å². The molecule has 0 radical (unpaired) electrons. The van der Waals surface area contributed by atoms with Crippen LogP contribution in [-0.2, 0) is 13.0 Å². The Labute approximate surface area is 94.8 Å². The molecule has 0 saturated carbocycles. The van der Waals surface area contributed by atoms with Crippen LogP contribution >= 0.6 is 0 Å². The first-order valence-corrected chi connectivity index (χ1v) is 4.48. The minimum atomic E-state index is -4.90. The van der Waals surface area contributed by atoms with Crippen molar-refractivity contribution in [2.75, 3.05) is 5.73 Å². The third-order valence-corrected chi connectivity index (χ3v) is 1.91. The van der Waals surface area contributed by atoms with E-state index in [1.54, 1.807) is 6.07 Å². The Morgan fingerprint density at radius 3 is 2.59 bits per heavy atom. The highest BCUT2D eigenvalue weighted by Crippen LogP contribution is 2.33. The zero-order valence-electron chi connectivity index (χ0n) is 8.58. The number of ether oxygens (including phenoxy) is 1. The molecule has 0 aromatic carbocycles. The molecule has 1 aromatic rings. The summed E-state index contributed by atoms with van der Waals surface area (Å²) in [5.74, 6) is -0.651. The van der Waals surface area contributed by atoms with E-state index in [1.807, 2.05) is 0 Å². The minimum Gasteiger partial charge on any atom is -0.402 e. The number of nitrogen functional groups attached to an aromatic ring is 1. The van der Waals surface area contributed by atoms with Crippen molar-refractivity contribution < 1.29 is 17.9 Å². The van der Waals surface area contributed by atoms with Crippen molar-refractivity contribution in [2.24, 2.45) is 5.73 Å².